The van der Waals surface area contributed by atoms with Gasteiger partial charge in [0.25, 0.3) is 0 Å². The lowest BCUT2D eigenvalue weighted by Crippen LogP contribution is -2.46. The highest BCUT2D eigenvalue weighted by Crippen LogP contribution is 2.33. The lowest BCUT2D eigenvalue weighted by atomic mass is 9.96. The average molecular weight is 259 g/mol. The highest BCUT2D eigenvalue weighted by atomic mass is 16.2. The van der Waals surface area contributed by atoms with Crippen LogP contribution in [-0.2, 0) is 4.79 Å². The minimum absolute atomic E-state index is 0.311. The second-order valence-electron chi connectivity index (χ2n) is 5.33. The summed E-state index contributed by atoms with van der Waals surface area (Å²) < 4.78 is 0. The molecule has 4 heteroatoms. The van der Waals surface area contributed by atoms with E-state index in [0.29, 0.717) is 18.2 Å². The normalized spacial score (nSPS) is 21.9. The topological polar surface area (TPSA) is 44.4 Å². The molecule has 1 saturated heterocycles. The molecule has 0 bridgehead atoms. The maximum absolute atomic E-state index is 12.1. The number of carbonyl (C=O) groups is 1. The molecular formula is C15H21N3O. The Morgan fingerprint density at radius 2 is 2.05 bits per heavy atom. The van der Waals surface area contributed by atoms with Crippen molar-refractivity contribution in [1.82, 2.24) is 10.2 Å². The molecule has 0 spiro atoms. The van der Waals surface area contributed by atoms with Crippen LogP contribution in [0.4, 0.5) is 5.69 Å². The zero-order chi connectivity index (χ0) is 13.1. The monoisotopic (exact) mass is 259 g/mol. The lowest BCUT2D eigenvalue weighted by Gasteiger charge is -2.27. The van der Waals surface area contributed by atoms with E-state index in [2.05, 4.69) is 34.9 Å². The molecule has 0 aromatic heterocycles. The fourth-order valence-electron chi connectivity index (χ4n) is 2.98. The van der Waals surface area contributed by atoms with E-state index in [0.717, 1.165) is 39.1 Å². The van der Waals surface area contributed by atoms with Crippen molar-refractivity contribution in [3.63, 3.8) is 0 Å². The van der Waals surface area contributed by atoms with Crippen LogP contribution in [0.1, 0.15) is 24.3 Å². The number of hydrogen-bond acceptors (Lipinski definition) is 3. The Morgan fingerprint density at radius 3 is 2.89 bits per heavy atom. The van der Waals surface area contributed by atoms with Crippen LogP contribution in [0.15, 0.2) is 24.3 Å². The van der Waals surface area contributed by atoms with Gasteiger partial charge in [0, 0.05) is 50.7 Å². The quantitative estimate of drug-likeness (QED) is 0.862. The number of carbonyl (C=O) groups excluding carboxylic acids is 1. The van der Waals surface area contributed by atoms with E-state index in [1.165, 1.54) is 11.3 Å². The molecule has 1 aromatic rings. The molecule has 1 amide bonds. The van der Waals surface area contributed by atoms with E-state index in [-0.39, 0.29) is 0 Å². The van der Waals surface area contributed by atoms with Gasteiger partial charge < -0.3 is 15.5 Å². The Bertz CT molecular complexity index is 454. The number of para-hydroxylation sites is 1. The Hall–Kier alpha value is -1.55. The Kier molecular flexibility index (Phi) is 3.69. The minimum Gasteiger partial charge on any atom is -0.384 e. The predicted octanol–water partition coefficient (Wildman–Crippen LogP) is 1.41. The summed E-state index contributed by atoms with van der Waals surface area (Å²) in [5.74, 6) is 0.800. The third-order valence-corrected chi connectivity index (χ3v) is 4.12. The Labute approximate surface area is 114 Å². The van der Waals surface area contributed by atoms with Crippen molar-refractivity contribution in [2.45, 2.75) is 18.8 Å². The maximum Gasteiger partial charge on any atom is 0.222 e. The summed E-state index contributed by atoms with van der Waals surface area (Å²) >= 11 is 0. The summed E-state index contributed by atoms with van der Waals surface area (Å²) in [6.45, 7) is 4.55. The molecule has 19 heavy (non-hydrogen) atoms. The van der Waals surface area contributed by atoms with E-state index in [1.807, 2.05) is 4.90 Å². The number of rotatable bonds is 3. The molecule has 0 saturated carbocycles. The summed E-state index contributed by atoms with van der Waals surface area (Å²) in [7, 11) is 0. The van der Waals surface area contributed by atoms with Gasteiger partial charge in [-0.15, -0.1) is 0 Å². The summed E-state index contributed by atoms with van der Waals surface area (Å²) in [5, 5.41) is 6.69. The van der Waals surface area contributed by atoms with Gasteiger partial charge in [-0.25, -0.2) is 0 Å². The molecule has 1 aromatic carbocycles. The Morgan fingerprint density at radius 1 is 1.26 bits per heavy atom. The molecule has 2 N–H and O–H groups in total. The Balaban J connectivity index is 1.54. The van der Waals surface area contributed by atoms with Crippen molar-refractivity contribution in [1.29, 1.82) is 0 Å². The number of hydrogen-bond donors (Lipinski definition) is 2. The van der Waals surface area contributed by atoms with Crippen molar-refractivity contribution in [3.05, 3.63) is 29.8 Å². The molecule has 102 valence electrons. The van der Waals surface area contributed by atoms with Crippen LogP contribution in [0, 0.1) is 0 Å². The largest absolute Gasteiger partial charge is 0.384 e. The second kappa shape index (κ2) is 5.61. The van der Waals surface area contributed by atoms with Crippen molar-refractivity contribution in [2.75, 3.05) is 38.0 Å². The average Bonchev–Trinajstić information content (AvgIpc) is 2.89. The predicted molar refractivity (Wildman–Crippen MR) is 76.4 cm³/mol. The summed E-state index contributed by atoms with van der Waals surface area (Å²) in [4.78, 5) is 14.1. The van der Waals surface area contributed by atoms with Gasteiger partial charge in [0.05, 0.1) is 0 Å². The standard InChI is InChI=1S/C15H21N3O/c19-15(18-9-7-16-8-10-18)6-5-12-11-17-14-4-2-1-3-13(12)14/h1-4,12,16-17H,5-11H2. The zero-order valence-electron chi connectivity index (χ0n) is 11.2. The van der Waals surface area contributed by atoms with E-state index in [1.54, 1.807) is 0 Å². The number of nitrogens with one attached hydrogen (secondary N) is 2. The number of piperazine rings is 1. The minimum atomic E-state index is 0.311. The van der Waals surface area contributed by atoms with Crippen LogP contribution < -0.4 is 10.6 Å². The van der Waals surface area contributed by atoms with Gasteiger partial charge in [0.15, 0.2) is 0 Å². The number of nitrogens with zero attached hydrogens (tertiary/aromatic N) is 1. The van der Waals surface area contributed by atoms with Gasteiger partial charge >= 0.3 is 0 Å². The summed E-state index contributed by atoms with van der Waals surface area (Å²) in [6, 6.07) is 8.43. The molecule has 3 rings (SSSR count). The molecule has 2 heterocycles. The molecule has 2 aliphatic heterocycles. The van der Waals surface area contributed by atoms with Gasteiger partial charge in [0.1, 0.15) is 0 Å². The van der Waals surface area contributed by atoms with Gasteiger partial charge in [-0.3, -0.25) is 4.79 Å². The fourth-order valence-corrected chi connectivity index (χ4v) is 2.98. The van der Waals surface area contributed by atoms with Gasteiger partial charge in [-0.2, -0.15) is 0 Å². The summed E-state index contributed by atoms with van der Waals surface area (Å²) in [6.07, 6.45) is 1.62. The number of benzene rings is 1. The van der Waals surface area contributed by atoms with E-state index in [4.69, 9.17) is 0 Å². The van der Waals surface area contributed by atoms with Crippen LogP contribution in [-0.4, -0.2) is 43.5 Å². The number of anilines is 1. The first-order chi connectivity index (χ1) is 9.34. The van der Waals surface area contributed by atoms with Crippen molar-refractivity contribution >= 4 is 11.6 Å². The summed E-state index contributed by atoms with van der Waals surface area (Å²) in [5.41, 5.74) is 2.61. The van der Waals surface area contributed by atoms with Crippen LogP contribution in [0.25, 0.3) is 0 Å². The van der Waals surface area contributed by atoms with Gasteiger partial charge in [0.2, 0.25) is 5.91 Å². The SMILES string of the molecule is O=C(CCC1CNc2ccccc21)N1CCNCC1. The highest BCUT2D eigenvalue weighted by molar-refractivity contribution is 5.76. The van der Waals surface area contributed by atoms with E-state index in [9.17, 15) is 4.79 Å². The number of fused-ring (bicyclic) bond motifs is 1. The molecule has 1 unspecified atom stereocenters. The van der Waals surface area contributed by atoms with E-state index >= 15 is 0 Å². The highest BCUT2D eigenvalue weighted by Gasteiger charge is 2.23. The third-order valence-electron chi connectivity index (χ3n) is 4.12. The molecule has 0 radical (unpaired) electrons. The first kappa shape index (κ1) is 12.5. The lowest BCUT2D eigenvalue weighted by molar-refractivity contribution is -0.131. The molecule has 1 atom stereocenters. The molecule has 4 nitrogen and oxygen atoms in total. The van der Waals surface area contributed by atoms with Crippen LogP contribution in [0.2, 0.25) is 0 Å². The maximum atomic E-state index is 12.1. The van der Waals surface area contributed by atoms with Gasteiger partial charge in [-0.05, 0) is 18.1 Å². The van der Waals surface area contributed by atoms with Crippen molar-refractivity contribution in [3.8, 4) is 0 Å². The third kappa shape index (κ3) is 2.73. The molecule has 0 aliphatic carbocycles. The fraction of sp³-hybridized carbons (Fsp3) is 0.533. The van der Waals surface area contributed by atoms with Crippen molar-refractivity contribution in [2.24, 2.45) is 0 Å². The van der Waals surface area contributed by atoms with Crippen LogP contribution in [0.3, 0.4) is 0 Å². The number of amides is 1. The smallest absolute Gasteiger partial charge is 0.222 e. The second-order valence-corrected chi connectivity index (χ2v) is 5.33. The van der Waals surface area contributed by atoms with Crippen molar-refractivity contribution < 1.29 is 4.79 Å². The molecule has 2 aliphatic rings. The van der Waals surface area contributed by atoms with Gasteiger partial charge in [-0.1, -0.05) is 18.2 Å². The van der Waals surface area contributed by atoms with E-state index < -0.39 is 0 Å². The van der Waals surface area contributed by atoms with Crippen LogP contribution >= 0.6 is 0 Å². The van der Waals surface area contributed by atoms with Crippen LogP contribution in [0.5, 0.6) is 0 Å². The molecule has 1 fully saturated rings. The first-order valence-electron chi connectivity index (χ1n) is 7.16. The first-order valence-corrected chi connectivity index (χ1v) is 7.16. The zero-order valence-corrected chi connectivity index (χ0v) is 11.2. The molecular weight excluding hydrogens is 238 g/mol.